The lowest BCUT2D eigenvalue weighted by atomic mass is 10.1. The minimum atomic E-state index is -0.586. The largest absolute Gasteiger partial charge is 0.368 e. The van der Waals surface area contributed by atoms with Gasteiger partial charge in [-0.25, -0.2) is 4.90 Å². The molecule has 0 saturated carbocycles. The van der Waals surface area contributed by atoms with E-state index in [1.54, 1.807) is 25.1 Å². The summed E-state index contributed by atoms with van der Waals surface area (Å²) in [6.45, 7) is 4.50. The van der Waals surface area contributed by atoms with Gasteiger partial charge < -0.3 is 9.80 Å². The Morgan fingerprint density at radius 3 is 2.33 bits per heavy atom. The zero-order valence-corrected chi connectivity index (χ0v) is 20.9. The highest BCUT2D eigenvalue weighted by Gasteiger charge is 2.42. The van der Waals surface area contributed by atoms with Crippen LogP contribution in [0.5, 0.6) is 0 Å². The van der Waals surface area contributed by atoms with Gasteiger partial charge in [0.1, 0.15) is 9.57 Å². The molecule has 0 unspecified atom stereocenters. The van der Waals surface area contributed by atoms with Crippen LogP contribution in [0.2, 0.25) is 10.0 Å². The van der Waals surface area contributed by atoms with Crippen LogP contribution >= 0.6 is 47.2 Å². The van der Waals surface area contributed by atoms with Crippen LogP contribution in [-0.4, -0.2) is 58.2 Å². The predicted molar refractivity (Wildman–Crippen MR) is 138 cm³/mol. The monoisotopic (exact) mass is 521 g/mol. The molecule has 2 fully saturated rings. The lowest BCUT2D eigenvalue weighted by Gasteiger charge is -2.37. The van der Waals surface area contributed by atoms with Crippen molar-refractivity contribution in [2.24, 2.45) is 0 Å². The molecule has 2 aromatic rings. The van der Waals surface area contributed by atoms with Crippen molar-refractivity contribution in [3.05, 3.63) is 58.1 Å². The van der Waals surface area contributed by atoms with Crippen molar-refractivity contribution >= 4 is 80.5 Å². The van der Waals surface area contributed by atoms with Crippen LogP contribution in [0.1, 0.15) is 23.7 Å². The van der Waals surface area contributed by atoms with Crippen LogP contribution < -0.4 is 9.80 Å². The van der Waals surface area contributed by atoms with Crippen molar-refractivity contribution in [1.82, 2.24) is 4.90 Å². The number of anilines is 2. The minimum absolute atomic E-state index is 0.0462. The maximum atomic E-state index is 13.0. The first-order valence-electron chi connectivity index (χ1n) is 10.4. The molecule has 2 aromatic carbocycles. The Labute approximate surface area is 211 Å². The average molecular weight is 522 g/mol. The van der Waals surface area contributed by atoms with Crippen molar-refractivity contribution in [3.8, 4) is 0 Å². The minimum Gasteiger partial charge on any atom is -0.368 e. The number of benzene rings is 2. The van der Waals surface area contributed by atoms with Gasteiger partial charge in [0.05, 0.1) is 15.7 Å². The molecule has 2 aliphatic heterocycles. The summed E-state index contributed by atoms with van der Waals surface area (Å²) in [4.78, 5) is 42.5. The fourth-order valence-electron chi connectivity index (χ4n) is 3.86. The number of Topliss-reactive ketones (excluding diaryl/α,β-unsaturated/α-hetero) is 1. The Bertz CT molecular complexity index is 1120. The summed E-state index contributed by atoms with van der Waals surface area (Å²) in [6.07, 6.45) is 0.0644. The highest BCUT2D eigenvalue weighted by atomic mass is 35.5. The number of ketones is 1. The summed E-state index contributed by atoms with van der Waals surface area (Å²) in [5, 5.41) is -0.117. The molecule has 10 heteroatoms. The number of nitrogens with zero attached hydrogens (tertiary/aromatic N) is 3. The van der Waals surface area contributed by atoms with Gasteiger partial charge in [0.2, 0.25) is 11.8 Å². The van der Waals surface area contributed by atoms with E-state index in [1.165, 1.54) is 11.8 Å². The quantitative estimate of drug-likeness (QED) is 0.329. The summed E-state index contributed by atoms with van der Waals surface area (Å²) in [5.74, 6) is -0.603. The van der Waals surface area contributed by atoms with Gasteiger partial charge in [0.25, 0.3) is 0 Å². The molecule has 172 valence electrons. The van der Waals surface area contributed by atoms with Crippen LogP contribution in [0.3, 0.4) is 0 Å². The lowest BCUT2D eigenvalue weighted by molar-refractivity contribution is -0.121. The van der Waals surface area contributed by atoms with E-state index < -0.39 is 5.25 Å². The Kier molecular flexibility index (Phi) is 7.28. The molecule has 0 N–H and O–H groups in total. The third kappa shape index (κ3) is 5.04. The average Bonchev–Trinajstić information content (AvgIpc) is 3.08. The van der Waals surface area contributed by atoms with Crippen LogP contribution in [0.25, 0.3) is 0 Å². The van der Waals surface area contributed by atoms with E-state index in [1.807, 2.05) is 24.3 Å². The first-order chi connectivity index (χ1) is 15.8. The molecule has 0 radical (unpaired) electrons. The first-order valence-corrected chi connectivity index (χ1v) is 12.4. The van der Waals surface area contributed by atoms with Crippen molar-refractivity contribution < 1.29 is 14.4 Å². The topological polar surface area (TPSA) is 60.9 Å². The molecule has 0 aliphatic carbocycles. The molecule has 2 amide bonds. The summed E-state index contributed by atoms with van der Waals surface area (Å²) >= 11 is 19.1. The molecule has 0 spiro atoms. The number of thiocarbonyl (C=S) groups is 1. The van der Waals surface area contributed by atoms with Crippen molar-refractivity contribution in [2.45, 2.75) is 18.6 Å². The predicted octanol–water partition coefficient (Wildman–Crippen LogP) is 4.67. The van der Waals surface area contributed by atoms with Crippen LogP contribution in [0.15, 0.2) is 42.5 Å². The van der Waals surface area contributed by atoms with E-state index in [0.717, 1.165) is 23.7 Å². The smallest absolute Gasteiger partial charge is 0.247 e. The van der Waals surface area contributed by atoms with Gasteiger partial charge in [-0.3, -0.25) is 14.4 Å². The number of thioether (sulfide) groups is 1. The van der Waals surface area contributed by atoms with Gasteiger partial charge in [-0.05, 0) is 43.3 Å². The second-order valence-electron chi connectivity index (χ2n) is 7.79. The number of piperazine rings is 1. The van der Waals surface area contributed by atoms with Crippen LogP contribution in [0.4, 0.5) is 11.4 Å². The molecular formula is C23H21Cl2N3O3S2. The van der Waals surface area contributed by atoms with E-state index in [4.69, 9.17) is 35.4 Å². The third-order valence-electron chi connectivity index (χ3n) is 5.70. The maximum absolute atomic E-state index is 13.0. The van der Waals surface area contributed by atoms with Gasteiger partial charge in [0, 0.05) is 43.9 Å². The Morgan fingerprint density at radius 2 is 1.70 bits per heavy atom. The molecule has 0 bridgehead atoms. The van der Waals surface area contributed by atoms with Gasteiger partial charge in [-0.2, -0.15) is 0 Å². The molecule has 2 saturated heterocycles. The number of amides is 2. The van der Waals surface area contributed by atoms with E-state index in [9.17, 15) is 14.4 Å². The van der Waals surface area contributed by atoms with Crippen molar-refractivity contribution in [3.63, 3.8) is 0 Å². The van der Waals surface area contributed by atoms with Gasteiger partial charge in [-0.15, -0.1) is 0 Å². The summed E-state index contributed by atoms with van der Waals surface area (Å²) in [7, 11) is 0. The zero-order chi connectivity index (χ0) is 23.7. The molecule has 2 aliphatic rings. The molecule has 6 nitrogen and oxygen atoms in total. The van der Waals surface area contributed by atoms with Gasteiger partial charge in [0.15, 0.2) is 5.78 Å². The Morgan fingerprint density at radius 1 is 1.03 bits per heavy atom. The first kappa shape index (κ1) is 24.0. The highest BCUT2D eigenvalue weighted by molar-refractivity contribution is 8.23. The lowest BCUT2D eigenvalue weighted by Crippen LogP contribution is -2.48. The summed E-state index contributed by atoms with van der Waals surface area (Å²) in [6, 6.07) is 12.5. The molecule has 4 rings (SSSR count). The molecule has 0 aromatic heterocycles. The number of carbonyl (C=O) groups excluding carboxylic acids is 3. The second kappa shape index (κ2) is 10.0. The van der Waals surface area contributed by atoms with Gasteiger partial charge >= 0.3 is 0 Å². The van der Waals surface area contributed by atoms with Crippen molar-refractivity contribution in [1.29, 1.82) is 0 Å². The van der Waals surface area contributed by atoms with Gasteiger partial charge in [-0.1, -0.05) is 53.2 Å². The highest BCUT2D eigenvalue weighted by Crippen LogP contribution is 2.37. The van der Waals surface area contributed by atoms with Crippen LogP contribution in [0, 0.1) is 0 Å². The number of rotatable bonds is 4. The molecular weight excluding hydrogens is 501 g/mol. The van der Waals surface area contributed by atoms with Crippen LogP contribution in [-0.2, 0) is 9.59 Å². The molecule has 2 heterocycles. The van der Waals surface area contributed by atoms with E-state index >= 15 is 0 Å². The second-order valence-corrected chi connectivity index (χ2v) is 10.4. The maximum Gasteiger partial charge on any atom is 0.247 e. The fraction of sp³-hybridized carbons (Fsp3) is 0.304. The van der Waals surface area contributed by atoms with E-state index in [0.29, 0.717) is 28.7 Å². The Hall–Kier alpha value is -2.13. The normalized spacial score (nSPS) is 18.8. The van der Waals surface area contributed by atoms with Crippen molar-refractivity contribution in [2.75, 3.05) is 36.0 Å². The fourth-order valence-corrected chi connectivity index (χ4v) is 5.78. The Balaban J connectivity index is 1.35. The molecule has 33 heavy (non-hydrogen) atoms. The number of carbonyl (C=O) groups is 3. The molecule has 1 atom stereocenters. The number of imide groups is 1. The summed E-state index contributed by atoms with van der Waals surface area (Å²) < 4.78 is 0.603. The van der Waals surface area contributed by atoms with E-state index in [2.05, 4.69) is 9.80 Å². The third-order valence-corrected chi connectivity index (χ3v) is 8.17. The number of halogens is 2. The zero-order valence-electron chi connectivity index (χ0n) is 17.8. The SMILES string of the molecule is CC(=O)c1ccc(N2CCN(C(=S)S[C@H]3CC(=O)N(c4cccc(Cl)c4Cl)C3=O)CC2)cc1. The number of hydrogen-bond acceptors (Lipinski definition) is 6. The van der Waals surface area contributed by atoms with E-state index in [-0.39, 0.29) is 34.1 Å². The number of hydrogen-bond donors (Lipinski definition) is 0. The summed E-state index contributed by atoms with van der Waals surface area (Å²) in [5.41, 5.74) is 2.06. The standard InChI is InChI=1S/C23H21Cl2N3O3S2/c1-14(29)15-5-7-16(8-6-15)26-9-11-27(12-10-26)23(32)33-19-13-20(30)28(22(19)31)18-4-2-3-17(24)21(18)25/h2-8,19H,9-13H2,1H3/t19-/m0/s1.